The van der Waals surface area contributed by atoms with Crippen LogP contribution in [-0.2, 0) is 12.8 Å². The van der Waals surface area contributed by atoms with Crippen molar-refractivity contribution in [1.82, 2.24) is 15.0 Å². The van der Waals surface area contributed by atoms with E-state index in [4.69, 9.17) is 32.1 Å². The van der Waals surface area contributed by atoms with Crippen LogP contribution in [0.15, 0.2) is 24.5 Å². The Morgan fingerprint density at radius 2 is 2.15 bits per heavy atom. The summed E-state index contributed by atoms with van der Waals surface area (Å²) in [6.07, 6.45) is 7.01. The van der Waals surface area contributed by atoms with Crippen LogP contribution in [0.1, 0.15) is 26.5 Å². The zero-order chi connectivity index (χ0) is 19.7. The minimum atomic E-state index is 0.208. The quantitative estimate of drug-likeness (QED) is 0.630. The highest BCUT2D eigenvalue weighted by molar-refractivity contribution is 6.34. The number of H-pyrrole nitrogens is 1. The number of aromatic amines is 1. The number of benzene rings is 1. The number of hydrogen-bond acceptors (Lipinski definition) is 2. The van der Waals surface area contributed by atoms with Crippen LogP contribution in [0.3, 0.4) is 0 Å². The first-order chi connectivity index (χ1) is 12.7. The van der Waals surface area contributed by atoms with Crippen LogP contribution in [0, 0.1) is 0 Å². The van der Waals surface area contributed by atoms with Gasteiger partial charge in [0.15, 0.2) is 0 Å². The second kappa shape index (κ2) is 4.47. The molecular weight excluding hydrogens is 293 g/mol. The van der Waals surface area contributed by atoms with Gasteiger partial charge in [0.1, 0.15) is 0 Å². The molecule has 106 valence electrons. The van der Waals surface area contributed by atoms with Crippen LogP contribution < -0.4 is 0 Å². The Balaban J connectivity index is 0.000000515. The van der Waals surface area contributed by atoms with Crippen molar-refractivity contribution in [3.05, 3.63) is 46.0 Å². The maximum atomic E-state index is 6.21. The van der Waals surface area contributed by atoms with Crippen LogP contribution in [0.5, 0.6) is 0 Å². The average molecular weight is 316 g/mol. The molecule has 2 aromatic heterocycles. The van der Waals surface area contributed by atoms with Crippen molar-refractivity contribution < 1.29 is 8.91 Å². The lowest BCUT2D eigenvalue weighted by molar-refractivity contribution is 0.913. The van der Waals surface area contributed by atoms with Gasteiger partial charge in [0.2, 0.25) is 5.28 Å². The van der Waals surface area contributed by atoms with E-state index in [2.05, 4.69) is 27.1 Å². The molecule has 0 unspecified atom stereocenters. The lowest BCUT2D eigenvalue weighted by Gasteiger charge is -2.04. The van der Waals surface area contributed by atoms with Gasteiger partial charge in [-0.1, -0.05) is 23.7 Å². The number of aryl methyl sites for hydroxylation is 2. The van der Waals surface area contributed by atoms with E-state index in [0.29, 0.717) is 10.7 Å². The second-order valence-corrected chi connectivity index (χ2v) is 5.76. The van der Waals surface area contributed by atoms with E-state index in [-0.39, 0.29) is 5.28 Å². The number of nitrogens with zero attached hydrogens (tertiary/aromatic N) is 2. The van der Waals surface area contributed by atoms with Crippen LogP contribution in [0.25, 0.3) is 22.2 Å². The van der Waals surface area contributed by atoms with Gasteiger partial charge in [0.05, 0.1) is 16.9 Å². The topological polar surface area (TPSA) is 41.6 Å². The summed E-state index contributed by atoms with van der Waals surface area (Å²) in [5, 5.41) is 1.86. The molecule has 0 atom stereocenters. The molecule has 0 bridgehead atoms. The number of rotatable bonds is 1. The Hall–Kier alpha value is -1.58. The molecule has 0 fully saturated rings. The van der Waals surface area contributed by atoms with Crippen LogP contribution in [0.4, 0.5) is 0 Å². The first-order valence-corrected chi connectivity index (χ1v) is 7.30. The van der Waals surface area contributed by atoms with E-state index < -0.39 is 0 Å². The molecule has 3 aromatic rings. The van der Waals surface area contributed by atoms with Gasteiger partial charge in [-0.15, -0.1) is 0 Å². The molecule has 5 heteroatoms. The number of aromatic nitrogens is 3. The van der Waals surface area contributed by atoms with Crippen molar-refractivity contribution in [2.75, 3.05) is 0 Å². The molecular formula is C15H17Cl2N3. The predicted molar refractivity (Wildman–Crippen MR) is 87.7 cm³/mol. The summed E-state index contributed by atoms with van der Waals surface area (Å²) in [4.78, 5) is 11.5. The Morgan fingerprint density at radius 1 is 1.25 bits per heavy atom. The van der Waals surface area contributed by atoms with E-state index in [1.165, 1.54) is 29.5 Å². The van der Waals surface area contributed by atoms with E-state index in [1.807, 2.05) is 6.20 Å². The Morgan fingerprint density at radius 3 is 3.05 bits per heavy atom. The fourth-order valence-corrected chi connectivity index (χ4v) is 3.33. The standard InChI is InChI=1S/C15H11Cl2N3.3H2/c16-12-7-19-15(17)20-14(12)11-6-18-13-9-3-1-2-8(9)4-5-10(11)13;;;/h4-7,18H,1-3H2;3*1H/i;3*1+1D. The normalized spacial score (nSPS) is 15.1. The van der Waals surface area contributed by atoms with Gasteiger partial charge in [0.25, 0.3) is 0 Å². The van der Waals surface area contributed by atoms with E-state index >= 15 is 0 Å². The van der Waals surface area contributed by atoms with Crippen molar-refractivity contribution in [3.63, 3.8) is 0 Å². The number of nitrogens with one attached hydrogen (secondary N) is 1. The summed E-state index contributed by atoms with van der Waals surface area (Å²) in [5.41, 5.74) is 5.71. The molecule has 0 saturated heterocycles. The minimum Gasteiger partial charge on any atom is -0.360 e. The maximum absolute atomic E-state index is 6.21. The molecule has 2 heterocycles. The van der Waals surface area contributed by atoms with Gasteiger partial charge in [-0.05, 0) is 42.0 Å². The molecule has 1 aromatic carbocycles. The predicted octanol–water partition coefficient (Wildman–Crippen LogP) is 5.16. The van der Waals surface area contributed by atoms with E-state index in [9.17, 15) is 0 Å². The molecule has 0 spiro atoms. The third-order valence-corrected chi connectivity index (χ3v) is 4.36. The van der Waals surface area contributed by atoms with Gasteiger partial charge in [-0.25, -0.2) is 9.97 Å². The maximum Gasteiger partial charge on any atom is 0.222 e. The van der Waals surface area contributed by atoms with Crippen molar-refractivity contribution in [1.29, 1.82) is 0 Å². The summed E-state index contributed by atoms with van der Waals surface area (Å²) in [6.45, 7) is 0. The molecule has 0 amide bonds. The molecule has 3 nitrogen and oxygen atoms in total. The summed E-state index contributed by atoms with van der Waals surface area (Å²) < 4.78 is 30.0. The first-order valence-electron chi connectivity index (χ1n) is 9.54. The molecule has 4 rings (SSSR count). The van der Waals surface area contributed by atoms with Crippen molar-refractivity contribution in [2.24, 2.45) is 0 Å². The molecule has 0 aliphatic heterocycles. The highest BCUT2D eigenvalue weighted by Gasteiger charge is 2.18. The molecule has 1 N–H and O–H groups in total. The van der Waals surface area contributed by atoms with Crippen LogP contribution in [0.2, 0.25) is 10.3 Å². The summed E-state index contributed by atoms with van der Waals surface area (Å²) in [7, 11) is 0. The Kier molecular flexibility index (Phi) is 2.09. The fraction of sp³-hybridized carbons (Fsp3) is 0.200. The number of fused-ring (bicyclic) bond motifs is 3. The summed E-state index contributed by atoms with van der Waals surface area (Å²) >= 11 is 12.1. The van der Waals surface area contributed by atoms with Gasteiger partial charge < -0.3 is 4.98 Å². The zero-order valence-electron chi connectivity index (χ0n) is 16.6. The molecule has 0 radical (unpaired) electrons. The third-order valence-electron chi connectivity index (χ3n) is 3.90. The molecule has 1 aliphatic carbocycles. The average Bonchev–Trinajstić information content (AvgIpc) is 3.35. The van der Waals surface area contributed by atoms with Crippen LogP contribution in [-0.4, -0.2) is 15.0 Å². The largest absolute Gasteiger partial charge is 0.360 e. The molecule has 20 heavy (non-hydrogen) atoms. The van der Waals surface area contributed by atoms with Gasteiger partial charge in [-0.3, -0.25) is 0 Å². The van der Waals surface area contributed by atoms with E-state index in [1.54, 1.807) is 6.20 Å². The Bertz CT molecular complexity index is 844. The second-order valence-electron chi connectivity index (χ2n) is 5.02. The molecule has 0 saturated carbocycles. The van der Waals surface area contributed by atoms with Crippen molar-refractivity contribution in [3.8, 4) is 11.3 Å². The monoisotopic (exact) mass is 315 g/mol. The number of hydrogen-bond donors (Lipinski definition) is 1. The molecule has 1 aliphatic rings. The minimum absolute atomic E-state index is 0.208. The number of halogens is 2. The van der Waals surface area contributed by atoms with Crippen molar-refractivity contribution in [2.45, 2.75) is 19.3 Å². The van der Waals surface area contributed by atoms with Gasteiger partial charge in [0, 0.05) is 31.6 Å². The summed E-state index contributed by atoms with van der Waals surface area (Å²) in [5.74, 6) is 0. The van der Waals surface area contributed by atoms with Crippen molar-refractivity contribution >= 4 is 34.1 Å². The third kappa shape index (κ3) is 1.74. The SMILES string of the molecule is Clc1ncc(Cl)c(-c2c[nH]c3c4c(ccc23)CCC4)n1.[2H][2H].[2H][2H].[2H][2H]. The van der Waals surface area contributed by atoms with E-state index in [0.717, 1.165) is 17.4 Å². The lowest BCUT2D eigenvalue weighted by atomic mass is 10.0. The zero-order valence-corrected chi connectivity index (χ0v) is 12.1. The highest BCUT2D eigenvalue weighted by atomic mass is 35.5. The van der Waals surface area contributed by atoms with Gasteiger partial charge in [-0.2, -0.15) is 0 Å². The summed E-state index contributed by atoms with van der Waals surface area (Å²) in [6, 6.07) is 4.34. The van der Waals surface area contributed by atoms with Crippen LogP contribution >= 0.6 is 23.2 Å². The first kappa shape index (κ1) is 9.37. The Labute approximate surface area is 135 Å². The smallest absolute Gasteiger partial charge is 0.222 e. The van der Waals surface area contributed by atoms with Gasteiger partial charge >= 0.3 is 0 Å². The lowest BCUT2D eigenvalue weighted by Crippen LogP contribution is -1.88. The fourth-order valence-electron chi connectivity index (χ4n) is 3.01. The highest BCUT2D eigenvalue weighted by Crippen LogP contribution is 2.36.